The molecule has 3 saturated heterocycles. The summed E-state index contributed by atoms with van der Waals surface area (Å²) in [4.78, 5) is 38.0. The molecule has 5 aromatic rings. The van der Waals surface area contributed by atoms with Gasteiger partial charge in [-0.2, -0.15) is 8.42 Å². The Bertz CT molecular complexity index is 3710. The van der Waals surface area contributed by atoms with Crippen LogP contribution in [0, 0.1) is 29.6 Å². The Morgan fingerprint density at radius 2 is 1.26 bits per heavy atom. The molecule has 0 unspecified atom stereocenters. The van der Waals surface area contributed by atoms with Crippen molar-refractivity contribution in [3.63, 3.8) is 0 Å². The van der Waals surface area contributed by atoms with Gasteiger partial charge in [0, 0.05) is 88.7 Å². The molecule has 5 aliphatic carbocycles. The number of methoxy groups -OCH3 is 6. The van der Waals surface area contributed by atoms with Crippen molar-refractivity contribution in [2.75, 3.05) is 82.9 Å². The largest absolute Gasteiger partial charge is 0.504 e. The number of hydrogen-bond donors (Lipinski definition) is 7. The minimum Gasteiger partial charge on any atom is -0.504 e. The summed E-state index contributed by atoms with van der Waals surface area (Å²) in [7, 11) is 8.81. The third kappa shape index (κ3) is 10.2. The number of H-pyrrole nitrogens is 1. The van der Waals surface area contributed by atoms with E-state index in [0.717, 1.165) is 76.0 Å². The zero-order valence-electron chi connectivity index (χ0n) is 52.1. The van der Waals surface area contributed by atoms with Crippen LogP contribution in [-0.2, 0) is 59.5 Å². The second-order valence-corrected chi connectivity index (χ2v) is 26.9. The van der Waals surface area contributed by atoms with E-state index in [1.54, 1.807) is 38.5 Å². The van der Waals surface area contributed by atoms with E-state index in [9.17, 15) is 30.0 Å². The molecule has 4 bridgehead atoms. The number of benzene rings is 4. The Morgan fingerprint density at radius 3 is 1.77 bits per heavy atom. The number of likely N-dealkylation sites (tertiary alicyclic amines) is 2. The Hall–Kier alpha value is -7.13. The quantitative estimate of drug-likeness (QED) is 0.0539. The summed E-state index contributed by atoms with van der Waals surface area (Å²) in [6.07, 6.45) is 11.3. The van der Waals surface area contributed by atoms with Gasteiger partial charge in [0.25, 0.3) is 0 Å². The first-order chi connectivity index (χ1) is 43.6. The molecule has 16 rings (SSSR count). The molecule has 2 spiro atoms. The fraction of sp³-hybridized carbons (Fsp3) is 0.522. The number of aromatic amines is 1. The zero-order chi connectivity index (χ0) is 64.3. The van der Waals surface area contributed by atoms with Crippen molar-refractivity contribution in [2.24, 2.45) is 29.6 Å². The van der Waals surface area contributed by atoms with E-state index in [1.807, 2.05) is 36.4 Å². The van der Waals surface area contributed by atoms with Gasteiger partial charge in [-0.15, -0.1) is 0 Å². The lowest BCUT2D eigenvalue weighted by atomic mass is 9.53. The van der Waals surface area contributed by atoms with Gasteiger partial charge in [0.1, 0.15) is 42.4 Å². The van der Waals surface area contributed by atoms with E-state index >= 15 is 0 Å². The summed E-state index contributed by atoms with van der Waals surface area (Å²) < 4.78 is 82.9. The highest BCUT2D eigenvalue weighted by atomic mass is 32.3. The minimum absolute atomic E-state index is 0.0170. The molecule has 1 aromatic heterocycles. The second-order valence-electron chi connectivity index (χ2n) is 26.0. The molecule has 0 amide bonds. The van der Waals surface area contributed by atoms with Gasteiger partial charge in [-0.1, -0.05) is 36.4 Å². The average molecular weight is 1280 g/mol. The van der Waals surface area contributed by atoms with E-state index in [0.29, 0.717) is 59.1 Å². The number of nitrogens with zero attached hydrogens (tertiary/aromatic N) is 3. The molecule has 7 heterocycles. The molecule has 1 saturated carbocycles. The third-order valence-corrected chi connectivity index (χ3v) is 22.1. The van der Waals surface area contributed by atoms with E-state index in [1.165, 1.54) is 67.3 Å². The van der Waals surface area contributed by atoms with Crippen LogP contribution in [0.1, 0.15) is 75.6 Å². The summed E-state index contributed by atoms with van der Waals surface area (Å²) in [5.74, 6) is 2.82. The van der Waals surface area contributed by atoms with Gasteiger partial charge in [0.2, 0.25) is 5.75 Å². The number of phenolic OH excluding ortho intramolecular Hbond substituents is 2. The van der Waals surface area contributed by atoms with Crippen molar-refractivity contribution < 1.29 is 90.2 Å². The summed E-state index contributed by atoms with van der Waals surface area (Å²) >= 11 is 0. The van der Waals surface area contributed by atoms with E-state index in [2.05, 4.69) is 52.0 Å². The SMILES string of the molecule is CN1CC[C@]23c4c5ccc(O)c4O[C@H]2[C@@H](O)C=C[C@H]3[C@H]1C5.CN1CC[C@]23c4c5ccc(O)c4O[C@H]2[C@@H](O)C=C[C@H]3[C@H]1C5.COC(=O)[C@H]1[C@H]2C[C@@H]3c4[nH]c5cc(OC)ccc5c4CCN3C[C@H]2C[C@@H](OC(=O)c2cc(OC)c(OC)c(OC)c2)[C@@H]1OC.O=S(=O)(O)O. The van der Waals surface area contributed by atoms with E-state index < -0.39 is 46.7 Å². The lowest BCUT2D eigenvalue weighted by Gasteiger charge is -2.56. The number of aromatic hydroxyl groups is 2. The van der Waals surface area contributed by atoms with Crippen molar-refractivity contribution in [3.8, 4) is 46.0 Å². The number of esters is 2. The van der Waals surface area contributed by atoms with E-state index in [4.69, 9.17) is 60.2 Å². The van der Waals surface area contributed by atoms with Crippen LogP contribution in [-0.4, -0.2) is 201 Å². The summed E-state index contributed by atoms with van der Waals surface area (Å²) in [5, 5.41) is 42.5. The highest BCUT2D eigenvalue weighted by Crippen LogP contribution is 2.64. The Balaban J connectivity index is 0.000000133. The lowest BCUT2D eigenvalue weighted by molar-refractivity contribution is -0.176. The molecule has 11 aliphatic rings. The van der Waals surface area contributed by atoms with Crippen LogP contribution in [0.2, 0.25) is 0 Å². The van der Waals surface area contributed by atoms with Crippen LogP contribution in [0.3, 0.4) is 0 Å². The number of carbonyl (C=O) groups is 2. The normalized spacial score (nSPS) is 32.9. The van der Waals surface area contributed by atoms with Gasteiger partial charge in [-0.3, -0.25) is 18.8 Å². The molecule has 16 atom stereocenters. The Labute approximate surface area is 527 Å². The van der Waals surface area contributed by atoms with Gasteiger partial charge in [-0.05, 0) is 137 Å². The fourth-order valence-electron chi connectivity index (χ4n) is 18.2. The highest BCUT2D eigenvalue weighted by Gasteiger charge is 2.66. The topological polar surface area (TPSA) is 298 Å². The predicted octanol–water partition coefficient (Wildman–Crippen LogP) is 5.91. The lowest BCUT2D eigenvalue weighted by Crippen LogP contribution is -2.64. The summed E-state index contributed by atoms with van der Waals surface area (Å²) in [5.41, 5.74) is 8.41. The van der Waals surface area contributed by atoms with E-state index in [-0.39, 0.29) is 63.9 Å². The molecule has 488 valence electrons. The zero-order valence-corrected chi connectivity index (χ0v) is 52.9. The number of aromatic nitrogens is 1. The smallest absolute Gasteiger partial charge is 0.394 e. The molecule has 24 heteroatoms. The van der Waals surface area contributed by atoms with Crippen LogP contribution in [0.15, 0.2) is 78.9 Å². The second kappa shape index (κ2) is 23.8. The predicted molar refractivity (Wildman–Crippen MR) is 330 cm³/mol. The number of likely N-dealkylation sites (N-methyl/N-ethyl adjacent to an activating group) is 2. The molecule has 0 radical (unpaired) electrons. The average Bonchev–Trinajstić information content (AvgIpc) is 1.59. The van der Waals surface area contributed by atoms with Crippen molar-refractivity contribution >= 4 is 33.2 Å². The number of phenols is 2. The van der Waals surface area contributed by atoms with Crippen LogP contribution in [0.5, 0.6) is 46.0 Å². The maximum Gasteiger partial charge on any atom is 0.394 e. The first kappa shape index (κ1) is 62.7. The number of aliphatic hydroxyl groups is 2. The maximum absolute atomic E-state index is 13.5. The number of rotatable bonds is 8. The molecule has 6 aliphatic heterocycles. The number of fused-ring (bicyclic) bond motifs is 6. The van der Waals surface area contributed by atoms with Gasteiger partial charge in [-0.25, -0.2) is 4.79 Å². The molecule has 91 heavy (non-hydrogen) atoms. The van der Waals surface area contributed by atoms with Crippen LogP contribution < -0.4 is 28.4 Å². The number of aliphatic hydroxyl groups excluding tert-OH is 2. The van der Waals surface area contributed by atoms with Crippen LogP contribution in [0.25, 0.3) is 10.9 Å². The van der Waals surface area contributed by atoms with Crippen LogP contribution >= 0.6 is 0 Å². The first-order valence-electron chi connectivity index (χ1n) is 31.0. The third-order valence-electron chi connectivity index (χ3n) is 22.1. The Kier molecular flexibility index (Phi) is 16.4. The molecular weight excluding hydrogens is 1200 g/mol. The number of nitrogens with one attached hydrogen (secondary N) is 1. The monoisotopic (exact) mass is 1280 g/mol. The van der Waals surface area contributed by atoms with Crippen molar-refractivity contribution in [2.45, 2.75) is 111 Å². The molecule has 23 nitrogen and oxygen atoms in total. The highest BCUT2D eigenvalue weighted by molar-refractivity contribution is 7.79. The minimum atomic E-state index is -4.67. The maximum atomic E-state index is 13.5. The van der Waals surface area contributed by atoms with Crippen LogP contribution in [0.4, 0.5) is 0 Å². The first-order valence-corrected chi connectivity index (χ1v) is 32.4. The number of piperidine rings is 3. The standard InChI is InChI=1S/C33H40N2O9.2C17H19NO3.H2O4S/c1-38-19-7-8-20-21-9-10-35-16-18-13-27(44-32(36)17-11-25(39-2)30(41-4)26(12-17)40-3)31(42-5)28(33(37)43-6)22(18)15-24(35)29(21)34-23(20)14-19;2*1-18-7-6-17-10-3-5-13(20)16(17)21-15-12(19)4-2-9(14(15)17)8-11(10)18;1-5(2,3)4/h7-8,11-12,14,18,22,24,27-28,31,34H,9-10,13,15-16H2,1-6H3;2*2-5,10-11,13,16,19-20H,6-8H2,1H3;(H2,1,2,3,4)/t18-,22+,24-,27-,28+,31+;2*10-,11+,13-,16-,17-;/m100./s1. The molecule has 4 fully saturated rings. The molecular formula is C67H80N4O19S. The van der Waals surface area contributed by atoms with Crippen molar-refractivity contribution in [3.05, 3.63) is 118 Å². The fourth-order valence-corrected chi connectivity index (χ4v) is 18.2. The van der Waals surface area contributed by atoms with Crippen molar-refractivity contribution in [1.82, 2.24) is 19.7 Å². The van der Waals surface area contributed by atoms with Gasteiger partial charge < -0.3 is 77.8 Å². The number of ether oxygens (including phenoxy) is 9. The Morgan fingerprint density at radius 1 is 0.703 bits per heavy atom. The van der Waals surface area contributed by atoms with Gasteiger partial charge >= 0.3 is 22.3 Å². The summed E-state index contributed by atoms with van der Waals surface area (Å²) in [6.45, 7) is 3.70. The molecule has 4 aromatic carbocycles. The van der Waals surface area contributed by atoms with Crippen molar-refractivity contribution in [1.29, 1.82) is 0 Å². The summed E-state index contributed by atoms with van der Waals surface area (Å²) in [6, 6.07) is 17.8. The molecule has 7 N–H and O–H groups in total. The van der Waals surface area contributed by atoms with Gasteiger partial charge in [0.05, 0.1) is 53.1 Å². The van der Waals surface area contributed by atoms with Gasteiger partial charge in [0.15, 0.2) is 34.5 Å². The number of hydrogen-bond acceptors (Lipinski definition) is 20. The number of carbonyl (C=O) groups excluding carboxylic acids is 2.